The molecule has 1 aromatic rings. The maximum atomic E-state index is 12.2. The van der Waals surface area contributed by atoms with E-state index in [0.29, 0.717) is 5.56 Å². The summed E-state index contributed by atoms with van der Waals surface area (Å²) in [5, 5.41) is 0. The molecule has 0 spiro atoms. The van der Waals surface area contributed by atoms with Crippen LogP contribution in [0.15, 0.2) is 18.2 Å². The van der Waals surface area contributed by atoms with E-state index in [9.17, 15) is 14.4 Å². The Hall–Kier alpha value is -1.53. The lowest BCUT2D eigenvalue weighted by atomic mass is 10.0. The maximum Gasteiger partial charge on any atom is 0.235 e. The van der Waals surface area contributed by atoms with E-state index in [1.54, 1.807) is 0 Å². The van der Waals surface area contributed by atoms with Gasteiger partial charge in [-0.05, 0) is 25.5 Å². The average molecular weight is 321 g/mol. The third-order valence-corrected chi connectivity index (χ3v) is 4.63. The first-order chi connectivity index (χ1) is 9.90. The van der Waals surface area contributed by atoms with Crippen LogP contribution < -0.4 is 0 Å². The molecular weight excluding hydrogens is 306 g/mol. The molecule has 0 radical (unpaired) electrons. The Kier molecular flexibility index (Phi) is 4.90. The van der Waals surface area contributed by atoms with Gasteiger partial charge in [-0.2, -0.15) is 0 Å². The van der Waals surface area contributed by atoms with Crippen molar-refractivity contribution in [3.8, 4) is 0 Å². The van der Waals surface area contributed by atoms with Crippen molar-refractivity contribution in [2.75, 3.05) is 5.75 Å². The molecule has 1 aliphatic heterocycles. The first-order valence-electron chi connectivity index (χ1n) is 6.53. The number of likely N-dealkylation sites (tertiary alicyclic amines) is 1. The molecule has 6 heteroatoms. The number of hydrogen-bond acceptors (Lipinski definition) is 5. The standard InChI is InChI=1S/C15H15NO3S2/c1-9-3-4-10(2)11(7-9)12(17)8-21-15(20)16-13(18)5-6-14(16)19/h3-4,7H,5-6,8H2,1-2H3. The Morgan fingerprint density at radius 3 is 2.48 bits per heavy atom. The summed E-state index contributed by atoms with van der Waals surface area (Å²) in [5.41, 5.74) is 2.58. The number of amides is 2. The minimum Gasteiger partial charge on any atom is -0.293 e. The van der Waals surface area contributed by atoms with Crippen LogP contribution in [0.4, 0.5) is 0 Å². The van der Waals surface area contributed by atoms with Crippen LogP contribution in [0.1, 0.15) is 34.3 Å². The van der Waals surface area contributed by atoms with Gasteiger partial charge < -0.3 is 0 Å². The molecule has 0 aromatic heterocycles. The lowest BCUT2D eigenvalue weighted by Crippen LogP contribution is -2.32. The number of nitrogens with zero attached hydrogens (tertiary/aromatic N) is 1. The summed E-state index contributed by atoms with van der Waals surface area (Å²) < 4.78 is 0.168. The minimum absolute atomic E-state index is 0.0531. The number of rotatable bonds is 3. The number of aryl methyl sites for hydroxylation is 2. The summed E-state index contributed by atoms with van der Waals surface area (Å²) in [6.45, 7) is 3.80. The number of ketones is 1. The SMILES string of the molecule is Cc1ccc(C)c(C(=O)CSC(=S)N2C(=O)CCC2=O)c1. The lowest BCUT2D eigenvalue weighted by molar-refractivity contribution is -0.133. The van der Waals surface area contributed by atoms with Gasteiger partial charge in [0, 0.05) is 18.4 Å². The Balaban J connectivity index is 2.01. The van der Waals surface area contributed by atoms with Crippen molar-refractivity contribution < 1.29 is 14.4 Å². The second kappa shape index (κ2) is 6.49. The van der Waals surface area contributed by atoms with Gasteiger partial charge in [-0.1, -0.05) is 41.7 Å². The van der Waals surface area contributed by atoms with Crippen molar-refractivity contribution in [3.63, 3.8) is 0 Å². The molecule has 0 N–H and O–H groups in total. The highest BCUT2D eigenvalue weighted by Gasteiger charge is 2.32. The summed E-state index contributed by atoms with van der Waals surface area (Å²) in [7, 11) is 0. The summed E-state index contributed by atoms with van der Waals surface area (Å²) in [6, 6.07) is 5.69. The molecule has 1 saturated heterocycles. The van der Waals surface area contributed by atoms with Gasteiger partial charge in [0.05, 0.1) is 5.75 Å². The fraction of sp³-hybridized carbons (Fsp3) is 0.333. The molecule has 21 heavy (non-hydrogen) atoms. The Labute approximate surface area is 132 Å². The number of hydrogen-bond donors (Lipinski definition) is 0. The molecule has 0 atom stereocenters. The van der Waals surface area contributed by atoms with Crippen molar-refractivity contribution in [2.45, 2.75) is 26.7 Å². The van der Waals surface area contributed by atoms with E-state index < -0.39 is 0 Å². The molecule has 0 unspecified atom stereocenters. The Morgan fingerprint density at radius 1 is 1.24 bits per heavy atom. The lowest BCUT2D eigenvalue weighted by Gasteiger charge is -2.14. The number of thioether (sulfide) groups is 1. The normalized spacial score (nSPS) is 14.7. The van der Waals surface area contributed by atoms with Gasteiger partial charge in [-0.15, -0.1) is 0 Å². The Bertz CT molecular complexity index is 624. The number of benzene rings is 1. The highest BCUT2D eigenvalue weighted by atomic mass is 32.2. The van der Waals surface area contributed by atoms with E-state index in [0.717, 1.165) is 27.8 Å². The number of imide groups is 1. The fourth-order valence-electron chi connectivity index (χ4n) is 2.09. The molecule has 2 rings (SSSR count). The molecule has 1 aromatic carbocycles. The number of Topliss-reactive ketones (excluding diaryl/α,β-unsaturated/α-hetero) is 1. The highest BCUT2D eigenvalue weighted by Crippen LogP contribution is 2.20. The van der Waals surface area contributed by atoms with Crippen LogP contribution in [0.2, 0.25) is 0 Å². The molecule has 0 aliphatic carbocycles. The second-order valence-corrected chi connectivity index (χ2v) is 6.53. The van der Waals surface area contributed by atoms with Crippen molar-refractivity contribution in [1.82, 2.24) is 4.90 Å². The Morgan fingerprint density at radius 2 is 1.86 bits per heavy atom. The van der Waals surface area contributed by atoms with E-state index >= 15 is 0 Å². The van der Waals surface area contributed by atoms with Crippen LogP contribution in [0.25, 0.3) is 0 Å². The predicted molar refractivity (Wildman–Crippen MR) is 86.4 cm³/mol. The molecule has 4 nitrogen and oxygen atoms in total. The number of carbonyl (C=O) groups excluding carboxylic acids is 3. The van der Waals surface area contributed by atoms with Crippen LogP contribution in [0, 0.1) is 13.8 Å². The third kappa shape index (κ3) is 3.57. The molecule has 0 bridgehead atoms. The van der Waals surface area contributed by atoms with Gasteiger partial charge in [0.1, 0.15) is 4.32 Å². The summed E-state index contributed by atoms with van der Waals surface area (Å²) in [5.74, 6) is -0.490. The first-order valence-corrected chi connectivity index (χ1v) is 7.92. The van der Waals surface area contributed by atoms with E-state index in [1.807, 2.05) is 32.0 Å². The maximum absolute atomic E-state index is 12.2. The fourth-order valence-corrected chi connectivity index (χ4v) is 3.21. The summed E-state index contributed by atoms with van der Waals surface area (Å²) in [4.78, 5) is 36.4. The largest absolute Gasteiger partial charge is 0.293 e. The van der Waals surface area contributed by atoms with Gasteiger partial charge in [0.2, 0.25) is 11.8 Å². The van der Waals surface area contributed by atoms with Crippen LogP contribution in [0.5, 0.6) is 0 Å². The summed E-state index contributed by atoms with van der Waals surface area (Å²) in [6.07, 6.45) is 0.398. The van der Waals surface area contributed by atoms with Crippen molar-refractivity contribution in [2.24, 2.45) is 0 Å². The molecule has 0 saturated carbocycles. The first kappa shape index (κ1) is 15.9. The zero-order valence-corrected chi connectivity index (χ0v) is 13.5. The van der Waals surface area contributed by atoms with E-state index in [-0.39, 0.29) is 40.5 Å². The molecule has 2 amide bonds. The van der Waals surface area contributed by atoms with Crippen LogP contribution in [0.3, 0.4) is 0 Å². The van der Waals surface area contributed by atoms with Crippen LogP contribution in [-0.2, 0) is 9.59 Å². The van der Waals surface area contributed by atoms with Gasteiger partial charge in [0.15, 0.2) is 5.78 Å². The van der Waals surface area contributed by atoms with Gasteiger partial charge in [0.25, 0.3) is 0 Å². The second-order valence-electron chi connectivity index (χ2n) is 4.92. The van der Waals surface area contributed by atoms with Gasteiger partial charge >= 0.3 is 0 Å². The molecule has 1 fully saturated rings. The zero-order valence-electron chi connectivity index (χ0n) is 11.8. The topological polar surface area (TPSA) is 54.5 Å². The molecule has 1 heterocycles. The number of thiocarbonyl (C=S) groups is 1. The third-order valence-electron chi connectivity index (χ3n) is 3.25. The molecule has 1 aliphatic rings. The zero-order chi connectivity index (χ0) is 15.6. The van der Waals surface area contributed by atoms with Crippen molar-refractivity contribution >= 4 is 45.9 Å². The van der Waals surface area contributed by atoms with Gasteiger partial charge in [-0.25, -0.2) is 4.90 Å². The molecule has 110 valence electrons. The van der Waals surface area contributed by atoms with Crippen LogP contribution >= 0.6 is 24.0 Å². The quantitative estimate of drug-likeness (QED) is 0.487. The van der Waals surface area contributed by atoms with Crippen molar-refractivity contribution in [1.29, 1.82) is 0 Å². The van der Waals surface area contributed by atoms with Crippen molar-refractivity contribution in [3.05, 3.63) is 34.9 Å². The van der Waals surface area contributed by atoms with E-state index in [2.05, 4.69) is 0 Å². The molecular formula is C15H15NO3S2. The van der Waals surface area contributed by atoms with Crippen LogP contribution in [-0.4, -0.2) is 32.6 Å². The highest BCUT2D eigenvalue weighted by molar-refractivity contribution is 8.23. The predicted octanol–water partition coefficient (Wildman–Crippen LogP) is 2.65. The summed E-state index contributed by atoms with van der Waals surface area (Å²) >= 11 is 6.15. The van der Waals surface area contributed by atoms with E-state index in [1.165, 1.54) is 0 Å². The monoisotopic (exact) mass is 321 g/mol. The smallest absolute Gasteiger partial charge is 0.235 e. The minimum atomic E-state index is -0.281. The number of carbonyl (C=O) groups is 3. The average Bonchev–Trinajstić information content (AvgIpc) is 2.78. The van der Waals surface area contributed by atoms with E-state index in [4.69, 9.17) is 12.2 Å². The van der Waals surface area contributed by atoms with Gasteiger partial charge in [-0.3, -0.25) is 14.4 Å².